The van der Waals surface area contributed by atoms with Crippen LogP contribution in [-0.4, -0.2) is 53.5 Å². The molecule has 1 spiro atoms. The van der Waals surface area contributed by atoms with Crippen LogP contribution in [-0.2, 0) is 16.1 Å². The minimum Gasteiger partial charge on any atom is -0.475 e. The number of nitrogens with zero attached hydrogens (tertiary/aromatic N) is 1. The minimum absolute atomic E-state index is 0.111. The van der Waals surface area contributed by atoms with Gasteiger partial charge in [0.1, 0.15) is 11.6 Å². The molecule has 1 saturated heterocycles. The second-order valence-electron chi connectivity index (χ2n) is 8.52. The van der Waals surface area contributed by atoms with Crippen molar-refractivity contribution in [2.75, 3.05) is 13.1 Å². The highest BCUT2D eigenvalue weighted by molar-refractivity contribution is 5.73. The molecule has 2 N–H and O–H groups in total. The molecule has 0 radical (unpaired) electrons. The molecule has 6 nitrogen and oxygen atoms in total. The van der Waals surface area contributed by atoms with E-state index in [4.69, 9.17) is 14.6 Å². The third-order valence-corrected chi connectivity index (χ3v) is 5.58. The highest BCUT2D eigenvalue weighted by Gasteiger charge is 2.46. The van der Waals surface area contributed by atoms with Gasteiger partial charge in [0, 0.05) is 18.2 Å². The molecule has 32 heavy (non-hydrogen) atoms. The van der Waals surface area contributed by atoms with Crippen molar-refractivity contribution in [3.63, 3.8) is 0 Å². The summed E-state index contributed by atoms with van der Waals surface area (Å²) in [4.78, 5) is 22.7. The number of benzene rings is 1. The van der Waals surface area contributed by atoms with Crippen molar-refractivity contribution < 1.29 is 41.4 Å². The summed E-state index contributed by atoms with van der Waals surface area (Å²) < 4.78 is 63.9. The molecule has 1 aromatic carbocycles. The fourth-order valence-corrected chi connectivity index (χ4v) is 4.00. The Kier molecular flexibility index (Phi) is 8.44. The number of amides is 1. The second-order valence-corrected chi connectivity index (χ2v) is 8.52. The second kappa shape index (κ2) is 10.5. The van der Waals surface area contributed by atoms with Crippen molar-refractivity contribution in [2.24, 2.45) is 5.41 Å². The van der Waals surface area contributed by atoms with Crippen LogP contribution in [0.25, 0.3) is 0 Å². The molecule has 1 aromatic rings. The van der Waals surface area contributed by atoms with E-state index in [9.17, 15) is 26.7 Å². The molecule has 2 aliphatic rings. The molecule has 0 aromatic heterocycles. The van der Waals surface area contributed by atoms with E-state index in [1.165, 1.54) is 12.1 Å². The molecule has 1 aliphatic heterocycles. The molecular weight excluding hydrogens is 439 g/mol. The molecule has 1 amide bonds. The molecule has 0 unspecified atom stereocenters. The largest absolute Gasteiger partial charge is 0.490 e. The van der Waals surface area contributed by atoms with E-state index in [1.807, 2.05) is 13.8 Å². The summed E-state index contributed by atoms with van der Waals surface area (Å²) >= 11 is 0. The highest BCUT2D eigenvalue weighted by Crippen LogP contribution is 2.49. The standard InChI is InChI=1S/C19H26F2N2O2.C2HF3O2/c1-13(2)25-18(24)22-16-10-19(11-16)5-7-23(8-6-19)12-14-9-15(20)3-4-17(14)21;3-2(4,5)1(6)7/h3-4,9,13,16H,5-8,10-12H2,1-2H3,(H,22,24);(H,6,7). The average molecular weight is 466 g/mol. The van der Waals surface area contributed by atoms with Gasteiger partial charge in [-0.2, -0.15) is 13.2 Å². The van der Waals surface area contributed by atoms with Crippen LogP contribution in [0.1, 0.15) is 45.1 Å². The Hall–Kier alpha value is -2.43. The fraction of sp³-hybridized carbons (Fsp3) is 0.619. The number of carboxylic acid groups (broad SMARTS) is 1. The maximum atomic E-state index is 13.8. The number of likely N-dealkylation sites (tertiary alicyclic amines) is 1. The van der Waals surface area contributed by atoms with Gasteiger partial charge in [-0.15, -0.1) is 0 Å². The number of halogens is 5. The van der Waals surface area contributed by atoms with Crippen LogP contribution in [0.3, 0.4) is 0 Å². The molecule has 1 heterocycles. The van der Waals surface area contributed by atoms with Crippen LogP contribution in [0.4, 0.5) is 26.7 Å². The van der Waals surface area contributed by atoms with Crippen molar-refractivity contribution in [3.8, 4) is 0 Å². The van der Waals surface area contributed by atoms with Gasteiger partial charge in [-0.25, -0.2) is 18.4 Å². The zero-order valence-electron chi connectivity index (χ0n) is 17.8. The Balaban J connectivity index is 0.000000451. The van der Waals surface area contributed by atoms with Crippen LogP contribution in [0, 0.1) is 17.0 Å². The summed E-state index contributed by atoms with van der Waals surface area (Å²) in [5.41, 5.74) is 0.702. The monoisotopic (exact) mass is 466 g/mol. The molecule has 2 fully saturated rings. The van der Waals surface area contributed by atoms with Gasteiger partial charge >= 0.3 is 18.2 Å². The lowest BCUT2D eigenvalue weighted by Crippen LogP contribution is -2.55. The fourth-order valence-electron chi connectivity index (χ4n) is 4.00. The zero-order chi connectivity index (χ0) is 24.1. The first kappa shape index (κ1) is 25.8. The Bertz CT molecular complexity index is 800. The number of carbonyl (C=O) groups excluding carboxylic acids is 1. The molecule has 11 heteroatoms. The SMILES string of the molecule is CC(C)OC(=O)NC1CC2(CCN(Cc3cc(F)ccc3F)CC2)C1.O=C(O)C(F)(F)F. The first-order valence-corrected chi connectivity index (χ1v) is 10.2. The summed E-state index contributed by atoms with van der Waals surface area (Å²) in [6.45, 7) is 5.86. The molecule has 0 atom stereocenters. The number of piperidine rings is 1. The summed E-state index contributed by atoms with van der Waals surface area (Å²) in [7, 11) is 0. The number of carbonyl (C=O) groups is 2. The van der Waals surface area contributed by atoms with E-state index >= 15 is 0 Å². The van der Waals surface area contributed by atoms with E-state index in [0.29, 0.717) is 12.1 Å². The predicted octanol–water partition coefficient (Wildman–Crippen LogP) is 4.48. The van der Waals surface area contributed by atoms with Crippen LogP contribution in [0.15, 0.2) is 18.2 Å². The van der Waals surface area contributed by atoms with Crippen molar-refractivity contribution in [3.05, 3.63) is 35.4 Å². The van der Waals surface area contributed by atoms with Gasteiger partial charge in [-0.05, 0) is 76.2 Å². The predicted molar refractivity (Wildman–Crippen MR) is 105 cm³/mol. The highest BCUT2D eigenvalue weighted by atomic mass is 19.4. The van der Waals surface area contributed by atoms with Crippen LogP contribution >= 0.6 is 0 Å². The number of hydrogen-bond donors (Lipinski definition) is 2. The number of hydrogen-bond acceptors (Lipinski definition) is 4. The third kappa shape index (κ3) is 7.61. The Morgan fingerprint density at radius 2 is 1.78 bits per heavy atom. The molecule has 0 bridgehead atoms. The number of alkyl carbamates (subject to hydrolysis) is 1. The molecule has 1 aliphatic carbocycles. The van der Waals surface area contributed by atoms with Gasteiger partial charge in [0.2, 0.25) is 0 Å². The van der Waals surface area contributed by atoms with Gasteiger partial charge in [-0.3, -0.25) is 4.90 Å². The van der Waals surface area contributed by atoms with Gasteiger partial charge < -0.3 is 15.2 Å². The van der Waals surface area contributed by atoms with Crippen LogP contribution < -0.4 is 5.32 Å². The van der Waals surface area contributed by atoms with Crippen LogP contribution in [0.2, 0.25) is 0 Å². The van der Waals surface area contributed by atoms with Gasteiger partial charge in [0.25, 0.3) is 0 Å². The maximum absolute atomic E-state index is 13.8. The first-order chi connectivity index (χ1) is 14.8. The van der Waals surface area contributed by atoms with Crippen molar-refractivity contribution in [1.29, 1.82) is 0 Å². The van der Waals surface area contributed by atoms with E-state index in [1.54, 1.807) is 0 Å². The maximum Gasteiger partial charge on any atom is 0.490 e. The Morgan fingerprint density at radius 3 is 2.28 bits per heavy atom. The first-order valence-electron chi connectivity index (χ1n) is 10.2. The normalized spacial score (nSPS) is 18.5. The number of ether oxygens (including phenoxy) is 1. The summed E-state index contributed by atoms with van der Waals surface area (Å²) in [5.74, 6) is -3.50. The summed E-state index contributed by atoms with van der Waals surface area (Å²) in [5, 5.41) is 10.0. The molecule has 180 valence electrons. The number of carboxylic acids is 1. The lowest BCUT2D eigenvalue weighted by Gasteiger charge is -2.52. The number of rotatable bonds is 4. The smallest absolute Gasteiger partial charge is 0.475 e. The zero-order valence-corrected chi connectivity index (χ0v) is 17.8. The van der Waals surface area contributed by atoms with Crippen molar-refractivity contribution >= 4 is 12.1 Å². The molecular formula is C21H27F5N2O4. The number of nitrogens with one attached hydrogen (secondary N) is 1. The van der Waals surface area contributed by atoms with Crippen molar-refractivity contribution in [1.82, 2.24) is 10.2 Å². The van der Waals surface area contributed by atoms with Crippen molar-refractivity contribution in [2.45, 2.75) is 64.4 Å². The van der Waals surface area contributed by atoms with E-state index < -0.39 is 18.0 Å². The van der Waals surface area contributed by atoms with E-state index in [-0.39, 0.29) is 29.5 Å². The third-order valence-electron chi connectivity index (χ3n) is 5.58. The molecule has 3 rings (SSSR count). The minimum atomic E-state index is -5.08. The van der Waals surface area contributed by atoms with Gasteiger partial charge in [0.15, 0.2) is 0 Å². The molecule has 1 saturated carbocycles. The Labute approximate surface area is 182 Å². The quantitative estimate of drug-likeness (QED) is 0.640. The van der Waals surface area contributed by atoms with Gasteiger partial charge in [0.05, 0.1) is 6.10 Å². The van der Waals surface area contributed by atoms with Gasteiger partial charge in [-0.1, -0.05) is 0 Å². The average Bonchev–Trinajstić information content (AvgIpc) is 2.64. The number of aliphatic carboxylic acids is 1. The topological polar surface area (TPSA) is 78.9 Å². The Morgan fingerprint density at radius 1 is 1.22 bits per heavy atom. The van der Waals surface area contributed by atoms with E-state index in [2.05, 4.69) is 10.2 Å². The van der Waals surface area contributed by atoms with E-state index in [0.717, 1.165) is 44.8 Å². The summed E-state index contributed by atoms with van der Waals surface area (Å²) in [6.07, 6.45) is -1.53. The number of alkyl halides is 3. The summed E-state index contributed by atoms with van der Waals surface area (Å²) in [6, 6.07) is 3.81. The van der Waals surface area contributed by atoms with Crippen LogP contribution in [0.5, 0.6) is 0 Å². The lowest BCUT2D eigenvalue weighted by atomic mass is 9.60. The lowest BCUT2D eigenvalue weighted by molar-refractivity contribution is -0.192.